The second kappa shape index (κ2) is 7.65. The Hall–Kier alpha value is -0.870. The lowest BCUT2D eigenvalue weighted by molar-refractivity contribution is 0.0622. The molecule has 1 N–H and O–H groups in total. The van der Waals surface area contributed by atoms with Crippen LogP contribution in [0, 0.1) is 6.92 Å². The second-order valence-corrected chi connectivity index (χ2v) is 5.63. The Morgan fingerprint density at radius 1 is 1.32 bits per heavy atom. The van der Waals surface area contributed by atoms with Gasteiger partial charge in [-0.2, -0.15) is 0 Å². The molecule has 0 aliphatic heterocycles. The summed E-state index contributed by atoms with van der Waals surface area (Å²) in [7, 11) is 0. The molecule has 0 aliphatic rings. The average Bonchev–Trinajstić information content (AvgIpc) is 2.37. The smallest absolute Gasteiger partial charge is 0.254 e. The summed E-state index contributed by atoms with van der Waals surface area (Å²) < 4.78 is 0.907. The van der Waals surface area contributed by atoms with Crippen LogP contribution in [0.15, 0.2) is 22.7 Å². The van der Waals surface area contributed by atoms with E-state index in [4.69, 9.17) is 0 Å². The molecular formula is C15H22BrNO2. The van der Waals surface area contributed by atoms with Crippen molar-refractivity contribution >= 4 is 21.8 Å². The molecule has 1 rings (SSSR count). The maximum atomic E-state index is 12.6. The van der Waals surface area contributed by atoms with Gasteiger partial charge in [-0.25, -0.2) is 0 Å². The Bertz CT molecular complexity index is 410. The van der Waals surface area contributed by atoms with Gasteiger partial charge in [-0.15, -0.1) is 0 Å². The van der Waals surface area contributed by atoms with Crippen molar-refractivity contribution in [3.63, 3.8) is 0 Å². The highest BCUT2D eigenvalue weighted by molar-refractivity contribution is 9.10. The number of aryl methyl sites for hydroxylation is 1. The molecule has 106 valence electrons. The van der Waals surface area contributed by atoms with Gasteiger partial charge in [0.15, 0.2) is 0 Å². The Morgan fingerprint density at radius 2 is 1.95 bits per heavy atom. The lowest BCUT2D eigenvalue weighted by atomic mass is 10.1. The lowest BCUT2D eigenvalue weighted by Crippen LogP contribution is -2.41. The highest BCUT2D eigenvalue weighted by Crippen LogP contribution is 2.19. The quantitative estimate of drug-likeness (QED) is 0.870. The van der Waals surface area contributed by atoms with Gasteiger partial charge in [0.25, 0.3) is 5.91 Å². The van der Waals surface area contributed by atoms with Gasteiger partial charge >= 0.3 is 0 Å². The van der Waals surface area contributed by atoms with Gasteiger partial charge in [0.2, 0.25) is 0 Å². The highest BCUT2D eigenvalue weighted by atomic mass is 79.9. The van der Waals surface area contributed by atoms with Crippen LogP contribution in [0.2, 0.25) is 0 Å². The van der Waals surface area contributed by atoms with Crippen molar-refractivity contribution in [2.24, 2.45) is 0 Å². The van der Waals surface area contributed by atoms with Crippen LogP contribution < -0.4 is 0 Å². The second-order valence-electron chi connectivity index (χ2n) is 4.71. The molecule has 0 spiro atoms. The molecule has 0 unspecified atom stereocenters. The van der Waals surface area contributed by atoms with Crippen molar-refractivity contribution in [2.75, 3.05) is 13.2 Å². The molecule has 0 aliphatic carbocycles. The van der Waals surface area contributed by atoms with E-state index >= 15 is 0 Å². The van der Waals surface area contributed by atoms with E-state index in [0.717, 1.165) is 22.9 Å². The fourth-order valence-corrected chi connectivity index (χ4v) is 2.92. The number of amides is 1. The first-order valence-corrected chi connectivity index (χ1v) is 7.51. The number of aliphatic hydroxyl groups excluding tert-OH is 1. The third kappa shape index (κ3) is 4.32. The molecule has 3 nitrogen and oxygen atoms in total. The zero-order valence-electron chi connectivity index (χ0n) is 11.8. The number of aliphatic hydroxyl groups is 1. The Kier molecular flexibility index (Phi) is 6.52. The van der Waals surface area contributed by atoms with Crippen LogP contribution in [-0.4, -0.2) is 35.1 Å². The number of rotatable bonds is 6. The van der Waals surface area contributed by atoms with Crippen molar-refractivity contribution in [3.8, 4) is 0 Å². The van der Waals surface area contributed by atoms with Crippen molar-refractivity contribution in [1.29, 1.82) is 0 Å². The predicted octanol–water partition coefficient (Wildman–Crippen LogP) is 3.38. The van der Waals surface area contributed by atoms with Gasteiger partial charge in [-0.05, 0) is 43.5 Å². The van der Waals surface area contributed by atoms with E-state index in [-0.39, 0.29) is 18.6 Å². The summed E-state index contributed by atoms with van der Waals surface area (Å²) in [6.45, 7) is 6.48. The molecule has 1 aromatic rings. The van der Waals surface area contributed by atoms with E-state index in [1.54, 1.807) is 4.90 Å². The Morgan fingerprint density at radius 3 is 2.42 bits per heavy atom. The van der Waals surface area contributed by atoms with Crippen LogP contribution >= 0.6 is 15.9 Å². The van der Waals surface area contributed by atoms with Gasteiger partial charge in [0, 0.05) is 22.6 Å². The summed E-state index contributed by atoms with van der Waals surface area (Å²) >= 11 is 3.42. The van der Waals surface area contributed by atoms with Crippen LogP contribution in [-0.2, 0) is 0 Å². The van der Waals surface area contributed by atoms with Gasteiger partial charge in [-0.3, -0.25) is 4.79 Å². The summed E-state index contributed by atoms with van der Waals surface area (Å²) in [5.41, 5.74) is 1.72. The van der Waals surface area contributed by atoms with Crippen LogP contribution in [0.5, 0.6) is 0 Å². The minimum absolute atomic E-state index is 0.00474. The summed E-state index contributed by atoms with van der Waals surface area (Å²) in [5.74, 6) is -0.00727. The van der Waals surface area contributed by atoms with Gasteiger partial charge in [-0.1, -0.05) is 29.8 Å². The number of nitrogens with zero attached hydrogens (tertiary/aromatic N) is 1. The van der Waals surface area contributed by atoms with E-state index in [1.807, 2.05) is 25.1 Å². The van der Waals surface area contributed by atoms with E-state index in [0.29, 0.717) is 12.1 Å². The predicted molar refractivity (Wildman–Crippen MR) is 81.4 cm³/mol. The van der Waals surface area contributed by atoms with Crippen LogP contribution in [0.1, 0.15) is 42.6 Å². The first-order valence-electron chi connectivity index (χ1n) is 6.72. The number of hydrogen-bond acceptors (Lipinski definition) is 2. The third-order valence-electron chi connectivity index (χ3n) is 3.27. The maximum absolute atomic E-state index is 12.6. The minimum atomic E-state index is -0.00727. The van der Waals surface area contributed by atoms with Gasteiger partial charge < -0.3 is 10.0 Å². The number of halogens is 1. The molecule has 0 fully saturated rings. The van der Waals surface area contributed by atoms with E-state index < -0.39 is 0 Å². The van der Waals surface area contributed by atoms with E-state index in [2.05, 4.69) is 29.8 Å². The number of carbonyl (C=O) groups is 1. The van der Waals surface area contributed by atoms with Crippen LogP contribution in [0.25, 0.3) is 0 Å². The molecule has 0 atom stereocenters. The SMILES string of the molecule is CCC(CC)N(CCO)C(=O)c1cc(C)cc(Br)c1. The fraction of sp³-hybridized carbons (Fsp3) is 0.533. The minimum Gasteiger partial charge on any atom is -0.395 e. The first-order chi connectivity index (χ1) is 9.03. The topological polar surface area (TPSA) is 40.5 Å². The van der Waals surface area contributed by atoms with Crippen molar-refractivity contribution < 1.29 is 9.90 Å². The number of carbonyl (C=O) groups excluding carboxylic acids is 1. The molecular weight excluding hydrogens is 306 g/mol. The molecule has 19 heavy (non-hydrogen) atoms. The molecule has 0 heterocycles. The zero-order valence-corrected chi connectivity index (χ0v) is 13.4. The molecule has 0 radical (unpaired) electrons. The lowest BCUT2D eigenvalue weighted by Gasteiger charge is -2.30. The van der Waals surface area contributed by atoms with E-state index in [1.165, 1.54) is 0 Å². The molecule has 0 aromatic heterocycles. The fourth-order valence-electron chi connectivity index (χ4n) is 2.31. The summed E-state index contributed by atoms with van der Waals surface area (Å²) in [6, 6.07) is 5.88. The number of hydrogen-bond donors (Lipinski definition) is 1. The van der Waals surface area contributed by atoms with Crippen molar-refractivity contribution in [2.45, 2.75) is 39.7 Å². The van der Waals surface area contributed by atoms with Crippen molar-refractivity contribution in [3.05, 3.63) is 33.8 Å². The largest absolute Gasteiger partial charge is 0.395 e. The Labute approximate surface area is 123 Å². The van der Waals surface area contributed by atoms with Gasteiger partial charge in [0.05, 0.1) is 6.61 Å². The third-order valence-corrected chi connectivity index (χ3v) is 3.73. The first kappa shape index (κ1) is 16.2. The monoisotopic (exact) mass is 327 g/mol. The maximum Gasteiger partial charge on any atom is 0.254 e. The van der Waals surface area contributed by atoms with Crippen molar-refractivity contribution in [1.82, 2.24) is 4.90 Å². The molecule has 0 saturated carbocycles. The highest BCUT2D eigenvalue weighted by Gasteiger charge is 2.22. The summed E-state index contributed by atoms with van der Waals surface area (Å²) in [6.07, 6.45) is 1.80. The number of benzene rings is 1. The van der Waals surface area contributed by atoms with Crippen LogP contribution in [0.3, 0.4) is 0 Å². The molecule has 1 aromatic carbocycles. The molecule has 0 bridgehead atoms. The van der Waals surface area contributed by atoms with E-state index in [9.17, 15) is 9.90 Å². The molecule has 1 amide bonds. The summed E-state index contributed by atoms with van der Waals surface area (Å²) in [5, 5.41) is 9.18. The normalized spacial score (nSPS) is 10.8. The molecule has 4 heteroatoms. The molecule has 0 saturated heterocycles. The standard InChI is InChI=1S/C15H22BrNO2/c1-4-14(5-2)17(6-7-18)15(19)12-8-11(3)9-13(16)10-12/h8-10,14,18H,4-7H2,1-3H3. The van der Waals surface area contributed by atoms with Crippen LogP contribution in [0.4, 0.5) is 0 Å². The average molecular weight is 328 g/mol. The Balaban J connectivity index is 3.04. The van der Waals surface area contributed by atoms with Gasteiger partial charge in [0.1, 0.15) is 0 Å². The zero-order chi connectivity index (χ0) is 14.4. The summed E-state index contributed by atoms with van der Waals surface area (Å²) in [4.78, 5) is 14.4.